The third-order valence-corrected chi connectivity index (χ3v) is 4.30. The molecule has 1 aliphatic heterocycles. The van der Waals surface area contributed by atoms with E-state index in [0.29, 0.717) is 6.04 Å². The van der Waals surface area contributed by atoms with Crippen molar-refractivity contribution in [3.63, 3.8) is 0 Å². The maximum absolute atomic E-state index is 11.0. The SMILES string of the molecule is CCc1ccc(C(C)N2CCC(C(=O)O)CC2)cc1. The molecule has 104 valence electrons. The molecule has 1 unspecified atom stereocenters. The predicted octanol–water partition coefficient (Wildman–Crippen LogP) is 3.11. The van der Waals surface area contributed by atoms with Gasteiger partial charge in [0.1, 0.15) is 0 Å². The summed E-state index contributed by atoms with van der Waals surface area (Å²) in [6.45, 7) is 6.14. The van der Waals surface area contributed by atoms with Crippen LogP contribution >= 0.6 is 0 Å². The first kappa shape index (κ1) is 14.1. The van der Waals surface area contributed by atoms with E-state index in [1.807, 2.05) is 0 Å². The number of likely N-dealkylation sites (tertiary alicyclic amines) is 1. The Balaban J connectivity index is 1.96. The Bertz CT molecular complexity index is 419. The average Bonchev–Trinajstić information content (AvgIpc) is 2.46. The van der Waals surface area contributed by atoms with Crippen LogP contribution in [0.25, 0.3) is 0 Å². The van der Waals surface area contributed by atoms with Gasteiger partial charge in [0, 0.05) is 6.04 Å². The Morgan fingerprint density at radius 2 is 1.89 bits per heavy atom. The van der Waals surface area contributed by atoms with Gasteiger partial charge in [-0.2, -0.15) is 0 Å². The molecular formula is C16H23NO2. The Hall–Kier alpha value is -1.35. The van der Waals surface area contributed by atoms with Crippen molar-refractivity contribution >= 4 is 5.97 Å². The minimum atomic E-state index is -0.639. The molecule has 0 aromatic heterocycles. The quantitative estimate of drug-likeness (QED) is 0.905. The summed E-state index contributed by atoms with van der Waals surface area (Å²) >= 11 is 0. The highest BCUT2D eigenvalue weighted by Crippen LogP contribution is 2.26. The third-order valence-electron chi connectivity index (χ3n) is 4.30. The Morgan fingerprint density at radius 1 is 1.32 bits per heavy atom. The van der Waals surface area contributed by atoms with E-state index in [-0.39, 0.29) is 5.92 Å². The first-order valence-corrected chi connectivity index (χ1v) is 7.17. The highest BCUT2D eigenvalue weighted by Gasteiger charge is 2.27. The minimum Gasteiger partial charge on any atom is -0.481 e. The van der Waals surface area contributed by atoms with Crippen molar-refractivity contribution in [3.05, 3.63) is 35.4 Å². The zero-order valence-electron chi connectivity index (χ0n) is 11.8. The molecule has 0 saturated carbocycles. The Kier molecular flexibility index (Phi) is 4.59. The Morgan fingerprint density at radius 3 is 2.37 bits per heavy atom. The van der Waals surface area contributed by atoms with E-state index in [1.54, 1.807) is 0 Å². The van der Waals surface area contributed by atoms with Gasteiger partial charge in [0.15, 0.2) is 0 Å². The molecule has 1 aromatic carbocycles. The van der Waals surface area contributed by atoms with E-state index in [4.69, 9.17) is 5.11 Å². The number of aryl methyl sites for hydroxylation is 1. The van der Waals surface area contributed by atoms with Crippen LogP contribution in [0.4, 0.5) is 0 Å². The van der Waals surface area contributed by atoms with Crippen molar-refractivity contribution in [1.82, 2.24) is 4.90 Å². The number of rotatable bonds is 4. The average molecular weight is 261 g/mol. The van der Waals surface area contributed by atoms with Gasteiger partial charge in [0.05, 0.1) is 5.92 Å². The number of piperidine rings is 1. The molecule has 1 N–H and O–H groups in total. The standard InChI is InChI=1S/C16H23NO2/c1-3-13-4-6-14(7-5-13)12(2)17-10-8-15(9-11-17)16(18)19/h4-7,12,15H,3,8-11H2,1-2H3,(H,18,19). The van der Waals surface area contributed by atoms with Gasteiger partial charge in [0.25, 0.3) is 0 Å². The van der Waals surface area contributed by atoms with E-state index in [2.05, 4.69) is 43.0 Å². The first-order valence-electron chi connectivity index (χ1n) is 7.17. The van der Waals surface area contributed by atoms with Crippen LogP contribution in [0.3, 0.4) is 0 Å². The molecule has 0 spiro atoms. The molecule has 0 aliphatic carbocycles. The number of carboxylic acids is 1. The third kappa shape index (κ3) is 3.35. The Labute approximate surface area is 115 Å². The smallest absolute Gasteiger partial charge is 0.306 e. The molecule has 1 atom stereocenters. The minimum absolute atomic E-state index is 0.147. The number of nitrogens with zero attached hydrogens (tertiary/aromatic N) is 1. The van der Waals surface area contributed by atoms with E-state index >= 15 is 0 Å². The molecule has 3 nitrogen and oxygen atoms in total. The van der Waals surface area contributed by atoms with Crippen molar-refractivity contribution in [2.45, 2.75) is 39.2 Å². The lowest BCUT2D eigenvalue weighted by atomic mass is 9.94. The lowest BCUT2D eigenvalue weighted by molar-refractivity contribution is -0.143. The zero-order chi connectivity index (χ0) is 13.8. The number of aliphatic carboxylic acids is 1. The van der Waals surface area contributed by atoms with Gasteiger partial charge in [-0.15, -0.1) is 0 Å². The van der Waals surface area contributed by atoms with Crippen LogP contribution in [0, 0.1) is 5.92 Å². The number of benzene rings is 1. The monoisotopic (exact) mass is 261 g/mol. The van der Waals surface area contributed by atoms with Crippen molar-refractivity contribution in [3.8, 4) is 0 Å². The molecule has 0 amide bonds. The van der Waals surface area contributed by atoms with Crippen LogP contribution in [-0.2, 0) is 11.2 Å². The summed E-state index contributed by atoms with van der Waals surface area (Å²) < 4.78 is 0. The molecule has 3 heteroatoms. The summed E-state index contributed by atoms with van der Waals surface area (Å²) in [6, 6.07) is 9.16. The molecule has 1 heterocycles. The van der Waals surface area contributed by atoms with Crippen molar-refractivity contribution < 1.29 is 9.90 Å². The molecule has 19 heavy (non-hydrogen) atoms. The molecule has 1 fully saturated rings. The van der Waals surface area contributed by atoms with E-state index in [0.717, 1.165) is 32.4 Å². The fraction of sp³-hybridized carbons (Fsp3) is 0.562. The predicted molar refractivity (Wildman–Crippen MR) is 76.2 cm³/mol. The van der Waals surface area contributed by atoms with Crippen LogP contribution in [0.5, 0.6) is 0 Å². The van der Waals surface area contributed by atoms with Crippen molar-refractivity contribution in [1.29, 1.82) is 0 Å². The largest absolute Gasteiger partial charge is 0.481 e. The highest BCUT2D eigenvalue weighted by molar-refractivity contribution is 5.70. The molecule has 0 bridgehead atoms. The van der Waals surface area contributed by atoms with Crippen LogP contribution < -0.4 is 0 Å². The molecule has 2 rings (SSSR count). The van der Waals surface area contributed by atoms with Gasteiger partial charge in [-0.25, -0.2) is 0 Å². The van der Waals surface area contributed by atoms with Gasteiger partial charge in [-0.05, 0) is 50.4 Å². The van der Waals surface area contributed by atoms with Gasteiger partial charge >= 0.3 is 5.97 Å². The van der Waals surface area contributed by atoms with Crippen molar-refractivity contribution in [2.24, 2.45) is 5.92 Å². The second-order valence-corrected chi connectivity index (χ2v) is 5.42. The van der Waals surface area contributed by atoms with Crippen LogP contribution in [0.1, 0.15) is 43.9 Å². The van der Waals surface area contributed by atoms with Crippen LogP contribution in [0.15, 0.2) is 24.3 Å². The van der Waals surface area contributed by atoms with Crippen LogP contribution in [0.2, 0.25) is 0 Å². The van der Waals surface area contributed by atoms with E-state index in [1.165, 1.54) is 11.1 Å². The summed E-state index contributed by atoms with van der Waals surface area (Å²) in [7, 11) is 0. The summed E-state index contributed by atoms with van der Waals surface area (Å²) in [5.41, 5.74) is 2.69. The maximum Gasteiger partial charge on any atom is 0.306 e. The molecule has 1 aliphatic rings. The summed E-state index contributed by atoms with van der Waals surface area (Å²) in [4.78, 5) is 13.3. The number of carbonyl (C=O) groups is 1. The second kappa shape index (κ2) is 6.20. The van der Waals surface area contributed by atoms with Gasteiger partial charge in [-0.3, -0.25) is 9.69 Å². The van der Waals surface area contributed by atoms with E-state index < -0.39 is 5.97 Å². The van der Waals surface area contributed by atoms with Gasteiger partial charge < -0.3 is 5.11 Å². The number of carboxylic acid groups (broad SMARTS) is 1. The first-order chi connectivity index (χ1) is 9.11. The molecule has 0 radical (unpaired) electrons. The van der Waals surface area contributed by atoms with Crippen molar-refractivity contribution in [2.75, 3.05) is 13.1 Å². The molecule has 1 aromatic rings. The summed E-state index contributed by atoms with van der Waals surface area (Å²) in [5, 5.41) is 9.02. The lowest BCUT2D eigenvalue weighted by Crippen LogP contribution is -2.37. The molecule has 1 saturated heterocycles. The van der Waals surface area contributed by atoms with Gasteiger partial charge in [0.2, 0.25) is 0 Å². The normalized spacial score (nSPS) is 19.3. The summed E-state index contributed by atoms with van der Waals surface area (Å²) in [5.74, 6) is -0.787. The number of hydrogen-bond acceptors (Lipinski definition) is 2. The fourth-order valence-electron chi connectivity index (χ4n) is 2.78. The lowest BCUT2D eigenvalue weighted by Gasteiger charge is -2.35. The number of hydrogen-bond donors (Lipinski definition) is 1. The topological polar surface area (TPSA) is 40.5 Å². The zero-order valence-corrected chi connectivity index (χ0v) is 11.8. The summed E-state index contributed by atoms with van der Waals surface area (Å²) in [6.07, 6.45) is 2.61. The fourth-order valence-corrected chi connectivity index (χ4v) is 2.78. The van der Waals surface area contributed by atoms with E-state index in [9.17, 15) is 4.79 Å². The highest BCUT2D eigenvalue weighted by atomic mass is 16.4. The maximum atomic E-state index is 11.0. The van der Waals surface area contributed by atoms with Crippen LogP contribution in [-0.4, -0.2) is 29.1 Å². The second-order valence-electron chi connectivity index (χ2n) is 5.42. The molecular weight excluding hydrogens is 238 g/mol. The van der Waals surface area contributed by atoms with Gasteiger partial charge in [-0.1, -0.05) is 31.2 Å².